The number of allylic oxidation sites excluding steroid dienone is 3. The van der Waals surface area contributed by atoms with Crippen LogP contribution in [0.5, 0.6) is 0 Å². The van der Waals surface area contributed by atoms with E-state index in [2.05, 4.69) is 59.8 Å². The predicted molar refractivity (Wildman–Crippen MR) is 247 cm³/mol. The summed E-state index contributed by atoms with van der Waals surface area (Å²) in [4.78, 5) is 0. The molecule has 0 aromatic carbocycles. The van der Waals surface area contributed by atoms with Crippen molar-refractivity contribution in [3.63, 3.8) is 0 Å². The summed E-state index contributed by atoms with van der Waals surface area (Å²) in [7, 11) is 0. The zero-order chi connectivity index (χ0) is 40.6. The van der Waals surface area contributed by atoms with Gasteiger partial charge in [-0.1, -0.05) is 155 Å². The molecular formula is C54H98O3. The minimum atomic E-state index is 0.432. The van der Waals surface area contributed by atoms with Crippen molar-refractivity contribution in [2.24, 2.45) is 46.3 Å². The second-order valence-electron chi connectivity index (χ2n) is 21.0. The summed E-state index contributed by atoms with van der Waals surface area (Å²) < 4.78 is 18.3. The summed E-state index contributed by atoms with van der Waals surface area (Å²) in [6.07, 6.45) is 48.3. The van der Waals surface area contributed by atoms with Gasteiger partial charge in [0.25, 0.3) is 0 Å². The molecule has 332 valence electrons. The Hall–Kier alpha value is -0.640. The van der Waals surface area contributed by atoms with Crippen LogP contribution in [0.4, 0.5) is 0 Å². The van der Waals surface area contributed by atoms with E-state index >= 15 is 0 Å². The van der Waals surface area contributed by atoms with Gasteiger partial charge in [-0.25, -0.2) is 0 Å². The summed E-state index contributed by atoms with van der Waals surface area (Å²) >= 11 is 0. The molecule has 0 amide bonds. The minimum absolute atomic E-state index is 0.432. The Morgan fingerprint density at radius 1 is 0.614 bits per heavy atom. The normalized spacial score (nSPS) is 29.1. The van der Waals surface area contributed by atoms with Crippen LogP contribution in [0, 0.1) is 46.3 Å². The molecule has 0 aromatic heterocycles. The first-order chi connectivity index (χ1) is 27.8. The minimum Gasteiger partial charge on any atom is -0.381 e. The first kappa shape index (κ1) is 49.0. The lowest BCUT2D eigenvalue weighted by atomic mass is 9.47. The molecule has 0 N–H and O–H groups in total. The maximum absolute atomic E-state index is 6.55. The average Bonchev–Trinajstić information content (AvgIpc) is 3.56. The van der Waals surface area contributed by atoms with Gasteiger partial charge in [-0.15, -0.1) is 0 Å². The lowest BCUT2D eigenvalue weighted by Crippen LogP contribution is -2.51. The van der Waals surface area contributed by atoms with Crippen molar-refractivity contribution in [2.75, 3.05) is 33.0 Å². The molecule has 3 heteroatoms. The Morgan fingerprint density at radius 2 is 1.21 bits per heavy atom. The molecule has 3 unspecified atom stereocenters. The molecule has 3 fully saturated rings. The van der Waals surface area contributed by atoms with Crippen molar-refractivity contribution in [1.82, 2.24) is 0 Å². The lowest BCUT2D eigenvalue weighted by molar-refractivity contribution is -0.0641. The van der Waals surface area contributed by atoms with Crippen LogP contribution in [0.2, 0.25) is 0 Å². The zero-order valence-electron chi connectivity index (χ0n) is 39.2. The Labute approximate surface area is 356 Å². The third-order valence-corrected chi connectivity index (χ3v) is 16.2. The molecule has 3 saturated carbocycles. The third kappa shape index (κ3) is 16.6. The van der Waals surface area contributed by atoms with E-state index in [1.165, 1.54) is 186 Å². The molecule has 0 aromatic rings. The summed E-state index contributed by atoms with van der Waals surface area (Å²) in [5.74, 6) is 5.50. The van der Waals surface area contributed by atoms with Crippen LogP contribution in [-0.4, -0.2) is 39.1 Å². The fraction of sp³-hybridized carbons (Fsp3) is 0.926. The van der Waals surface area contributed by atoms with Gasteiger partial charge in [-0.05, 0) is 149 Å². The number of ether oxygens (including phenoxy) is 3. The number of hydrogen-bond donors (Lipinski definition) is 0. The van der Waals surface area contributed by atoms with Gasteiger partial charge in [-0.2, -0.15) is 0 Å². The number of unbranched alkanes of at least 4 members (excludes halogenated alkanes) is 15. The smallest absolute Gasteiger partial charge is 0.0612 e. The van der Waals surface area contributed by atoms with Crippen LogP contribution in [0.25, 0.3) is 0 Å². The fourth-order valence-electron chi connectivity index (χ4n) is 12.6. The molecule has 4 aliphatic rings. The van der Waals surface area contributed by atoms with Gasteiger partial charge >= 0.3 is 0 Å². The first-order valence-electron chi connectivity index (χ1n) is 25.9. The summed E-state index contributed by atoms with van der Waals surface area (Å²) in [6.45, 7) is 19.5. The number of rotatable bonds is 33. The Kier molecular flexibility index (Phi) is 24.1. The summed E-state index contributed by atoms with van der Waals surface area (Å²) in [5, 5.41) is 0. The van der Waals surface area contributed by atoms with E-state index in [-0.39, 0.29) is 0 Å². The second-order valence-corrected chi connectivity index (χ2v) is 21.0. The highest BCUT2D eigenvalue weighted by atomic mass is 16.5. The largest absolute Gasteiger partial charge is 0.381 e. The maximum Gasteiger partial charge on any atom is 0.0612 e. The Bertz CT molecular complexity index is 1080. The highest BCUT2D eigenvalue weighted by molar-refractivity contribution is 5.25. The van der Waals surface area contributed by atoms with Crippen molar-refractivity contribution < 1.29 is 14.2 Å². The van der Waals surface area contributed by atoms with Gasteiger partial charge in [0, 0.05) is 33.0 Å². The van der Waals surface area contributed by atoms with Crippen molar-refractivity contribution in [3.05, 3.63) is 23.8 Å². The van der Waals surface area contributed by atoms with E-state index in [0.29, 0.717) is 16.9 Å². The summed E-state index contributed by atoms with van der Waals surface area (Å²) in [5.41, 5.74) is 2.80. The van der Waals surface area contributed by atoms with Gasteiger partial charge in [0.05, 0.1) is 6.10 Å². The van der Waals surface area contributed by atoms with E-state index in [1.54, 1.807) is 5.57 Å². The molecule has 3 nitrogen and oxygen atoms in total. The van der Waals surface area contributed by atoms with Crippen LogP contribution >= 0.6 is 0 Å². The lowest BCUT2D eigenvalue weighted by Gasteiger charge is -2.58. The molecule has 0 spiro atoms. The molecule has 57 heavy (non-hydrogen) atoms. The molecular weight excluding hydrogens is 697 g/mol. The zero-order valence-corrected chi connectivity index (χ0v) is 39.2. The van der Waals surface area contributed by atoms with Crippen molar-refractivity contribution in [1.29, 1.82) is 0 Å². The highest BCUT2D eigenvalue weighted by Gasteiger charge is 2.59. The molecule has 0 heterocycles. The Balaban J connectivity index is 0.926. The predicted octanol–water partition coefficient (Wildman–Crippen LogP) is 16.4. The molecule has 8 atom stereocenters. The SMILES string of the molecule is CCCCCCCC/C=C\CCCCCCCCOCCCOCCCCCCO[C@H]1CC[C@@]2(C)C(=CC[C@H]3C4CCC([C@H](C)CCCC(C)C)[C@@]4(C)CCC32)C1. The van der Waals surface area contributed by atoms with Crippen LogP contribution in [0.3, 0.4) is 0 Å². The van der Waals surface area contributed by atoms with Gasteiger partial charge in [0.15, 0.2) is 0 Å². The van der Waals surface area contributed by atoms with E-state index < -0.39 is 0 Å². The van der Waals surface area contributed by atoms with E-state index in [1.807, 2.05) is 0 Å². The van der Waals surface area contributed by atoms with Crippen LogP contribution in [0.1, 0.15) is 234 Å². The van der Waals surface area contributed by atoms with Crippen molar-refractivity contribution in [3.8, 4) is 0 Å². The second kappa shape index (κ2) is 28.1. The first-order valence-corrected chi connectivity index (χ1v) is 25.9. The van der Waals surface area contributed by atoms with Crippen LogP contribution in [-0.2, 0) is 14.2 Å². The topological polar surface area (TPSA) is 27.7 Å². The number of fused-ring (bicyclic) bond motifs is 5. The van der Waals surface area contributed by atoms with Crippen molar-refractivity contribution in [2.45, 2.75) is 240 Å². The average molecular weight is 795 g/mol. The quantitative estimate of drug-likeness (QED) is 0.0489. The molecule has 0 saturated heterocycles. The van der Waals surface area contributed by atoms with Crippen LogP contribution < -0.4 is 0 Å². The molecule has 0 aliphatic heterocycles. The molecule has 0 bridgehead atoms. The molecule has 4 aliphatic carbocycles. The fourth-order valence-corrected chi connectivity index (χ4v) is 12.6. The van der Waals surface area contributed by atoms with Crippen molar-refractivity contribution >= 4 is 0 Å². The van der Waals surface area contributed by atoms with Gasteiger partial charge < -0.3 is 14.2 Å². The van der Waals surface area contributed by atoms with E-state index in [4.69, 9.17) is 14.2 Å². The van der Waals surface area contributed by atoms with E-state index in [0.717, 1.165) is 75.0 Å². The molecule has 4 rings (SSSR count). The standard InChI is InChI=1S/C54H98O3/c1-7-8-9-10-11-12-13-14-15-16-17-18-19-20-21-24-39-55-41-28-42-56-40-25-22-23-26-43-57-48-35-37-53(5)47(44-48)31-32-49-51-34-33-50(46(4)30-27-29-45(2)3)54(51,6)38-36-52(49)53/h14-15,31,45-46,48-52H,7-13,16-30,32-44H2,1-6H3/b15-14-/t46-,48+,49+,50?,51?,52?,53+,54-/m1/s1. The van der Waals surface area contributed by atoms with Gasteiger partial charge in [-0.3, -0.25) is 0 Å². The van der Waals surface area contributed by atoms with Crippen LogP contribution in [0.15, 0.2) is 23.8 Å². The Morgan fingerprint density at radius 3 is 1.86 bits per heavy atom. The van der Waals surface area contributed by atoms with Gasteiger partial charge in [0.2, 0.25) is 0 Å². The third-order valence-electron chi connectivity index (χ3n) is 16.2. The summed E-state index contributed by atoms with van der Waals surface area (Å²) in [6, 6.07) is 0. The van der Waals surface area contributed by atoms with E-state index in [9.17, 15) is 0 Å². The molecule has 0 radical (unpaired) electrons. The number of hydrogen-bond acceptors (Lipinski definition) is 3. The van der Waals surface area contributed by atoms with Gasteiger partial charge in [0.1, 0.15) is 0 Å². The monoisotopic (exact) mass is 795 g/mol. The highest BCUT2D eigenvalue weighted by Crippen LogP contribution is 2.67. The maximum atomic E-state index is 6.55.